The highest BCUT2D eigenvalue weighted by Gasteiger charge is 2.34. The maximum Gasteiger partial charge on any atom is 0.417 e. The Morgan fingerprint density at radius 3 is 2.53 bits per heavy atom. The highest BCUT2D eigenvalue weighted by Crippen LogP contribution is 2.44. The molecule has 1 fully saturated rings. The molecule has 1 atom stereocenters. The van der Waals surface area contributed by atoms with Crippen LogP contribution in [0.4, 0.5) is 18.9 Å². The van der Waals surface area contributed by atoms with E-state index in [1.165, 1.54) is 36.4 Å². The van der Waals surface area contributed by atoms with Crippen molar-refractivity contribution in [2.45, 2.75) is 22.9 Å². The van der Waals surface area contributed by atoms with Gasteiger partial charge >= 0.3 is 6.18 Å². The summed E-state index contributed by atoms with van der Waals surface area (Å²) in [5.41, 5.74) is -0.879. The van der Waals surface area contributed by atoms with Crippen molar-refractivity contribution in [1.29, 1.82) is 0 Å². The molecule has 0 bridgehead atoms. The van der Waals surface area contributed by atoms with Gasteiger partial charge in [0.2, 0.25) is 0 Å². The number of hydrogen-bond donors (Lipinski definition) is 1. The number of likely N-dealkylation sites (N-methyl/N-ethyl adjacent to an activating group) is 1. The van der Waals surface area contributed by atoms with Crippen LogP contribution in [0.15, 0.2) is 52.7 Å². The van der Waals surface area contributed by atoms with Crippen LogP contribution in [0.25, 0.3) is 10.4 Å². The molecule has 0 radical (unpaired) electrons. The van der Waals surface area contributed by atoms with Gasteiger partial charge < -0.3 is 9.64 Å². The first-order valence-corrected chi connectivity index (χ1v) is 13.1. The fraction of sp³-hybridized carbons (Fsp3) is 0.273. The topological polar surface area (TPSA) is 58.6 Å². The summed E-state index contributed by atoms with van der Waals surface area (Å²) in [4.78, 5) is 2.13. The normalized spacial score (nSPS) is 17.2. The van der Waals surface area contributed by atoms with Crippen LogP contribution in [0, 0.1) is 0 Å². The van der Waals surface area contributed by atoms with Crippen molar-refractivity contribution in [2.24, 2.45) is 0 Å². The third kappa shape index (κ3) is 5.46. The molecule has 1 aliphatic rings. The molecule has 1 aromatic heterocycles. The van der Waals surface area contributed by atoms with Crippen LogP contribution in [0.2, 0.25) is 10.0 Å². The first-order valence-electron chi connectivity index (χ1n) is 10.1. The zero-order chi connectivity index (χ0) is 24.7. The first-order chi connectivity index (χ1) is 15.9. The summed E-state index contributed by atoms with van der Waals surface area (Å²) in [5, 5.41) is 0.246. The Labute approximate surface area is 209 Å². The molecule has 2 aromatic carbocycles. The molecule has 0 aliphatic carbocycles. The highest BCUT2D eigenvalue weighted by molar-refractivity contribution is 7.94. The second-order valence-electron chi connectivity index (χ2n) is 7.83. The number of sulfonamides is 1. The summed E-state index contributed by atoms with van der Waals surface area (Å²) in [6.07, 6.45) is -3.87. The van der Waals surface area contributed by atoms with Crippen LogP contribution in [0.3, 0.4) is 0 Å². The second kappa shape index (κ2) is 9.58. The number of ether oxygens (including phenoxy) is 1. The molecular weight excluding hydrogens is 532 g/mol. The number of halogens is 5. The fourth-order valence-electron chi connectivity index (χ4n) is 3.63. The van der Waals surface area contributed by atoms with Crippen molar-refractivity contribution in [3.8, 4) is 16.2 Å². The number of hydrogen-bond acceptors (Lipinski definition) is 5. The summed E-state index contributed by atoms with van der Waals surface area (Å²) in [6, 6.07) is 10.5. The van der Waals surface area contributed by atoms with Gasteiger partial charge in [-0.05, 0) is 37.7 Å². The third-order valence-electron chi connectivity index (χ3n) is 5.23. The van der Waals surface area contributed by atoms with Crippen molar-refractivity contribution < 1.29 is 26.3 Å². The lowest BCUT2D eigenvalue weighted by molar-refractivity contribution is -0.137. The van der Waals surface area contributed by atoms with Crippen LogP contribution in [0.5, 0.6) is 5.75 Å². The number of nitrogens with one attached hydrogen (secondary N) is 1. The van der Waals surface area contributed by atoms with Gasteiger partial charge in [-0.15, -0.1) is 11.3 Å². The lowest BCUT2D eigenvalue weighted by Gasteiger charge is -2.16. The molecule has 1 saturated heterocycles. The van der Waals surface area contributed by atoms with Crippen molar-refractivity contribution >= 4 is 50.2 Å². The maximum absolute atomic E-state index is 13.4. The van der Waals surface area contributed by atoms with Gasteiger partial charge in [-0.1, -0.05) is 41.4 Å². The van der Waals surface area contributed by atoms with E-state index in [1.807, 2.05) is 7.05 Å². The van der Waals surface area contributed by atoms with Gasteiger partial charge in [-0.25, -0.2) is 8.42 Å². The molecule has 34 heavy (non-hydrogen) atoms. The lowest BCUT2D eigenvalue weighted by atomic mass is 10.1. The van der Waals surface area contributed by atoms with Crippen molar-refractivity contribution in [3.63, 3.8) is 0 Å². The third-order valence-corrected chi connectivity index (χ3v) is 8.98. The van der Waals surface area contributed by atoms with Gasteiger partial charge in [-0.3, -0.25) is 4.72 Å². The predicted molar refractivity (Wildman–Crippen MR) is 129 cm³/mol. The Balaban J connectivity index is 1.61. The molecule has 12 heteroatoms. The molecule has 2 heterocycles. The molecule has 0 saturated carbocycles. The van der Waals surface area contributed by atoms with Crippen LogP contribution in [0.1, 0.15) is 12.0 Å². The summed E-state index contributed by atoms with van der Waals surface area (Å²) in [5.74, 6) is 0.339. The number of rotatable bonds is 6. The van der Waals surface area contributed by atoms with E-state index < -0.39 is 21.8 Å². The Bertz CT molecular complexity index is 1310. The minimum absolute atomic E-state index is 0.0143. The minimum Gasteiger partial charge on any atom is -0.487 e. The monoisotopic (exact) mass is 550 g/mol. The zero-order valence-electron chi connectivity index (χ0n) is 17.7. The van der Waals surface area contributed by atoms with E-state index in [2.05, 4.69) is 9.62 Å². The lowest BCUT2D eigenvalue weighted by Crippen LogP contribution is -2.21. The van der Waals surface area contributed by atoms with E-state index in [0.29, 0.717) is 22.1 Å². The molecule has 1 N–H and O–H groups in total. The van der Waals surface area contributed by atoms with E-state index in [4.69, 9.17) is 27.9 Å². The van der Waals surface area contributed by atoms with Crippen LogP contribution in [-0.2, 0) is 16.2 Å². The predicted octanol–water partition coefficient (Wildman–Crippen LogP) is 6.62. The number of alkyl halides is 3. The van der Waals surface area contributed by atoms with Crippen LogP contribution >= 0.6 is 34.5 Å². The Morgan fingerprint density at radius 2 is 1.85 bits per heavy atom. The van der Waals surface area contributed by atoms with Gasteiger partial charge in [0.1, 0.15) is 16.1 Å². The van der Waals surface area contributed by atoms with Crippen molar-refractivity contribution in [1.82, 2.24) is 4.90 Å². The zero-order valence-corrected chi connectivity index (χ0v) is 20.8. The molecule has 3 aromatic rings. The smallest absolute Gasteiger partial charge is 0.417 e. The second-order valence-corrected chi connectivity index (χ2v) is 11.6. The quantitative estimate of drug-likeness (QED) is 0.374. The molecule has 0 unspecified atom stereocenters. The average Bonchev–Trinajstić information content (AvgIpc) is 3.35. The van der Waals surface area contributed by atoms with E-state index in [0.717, 1.165) is 31.6 Å². The van der Waals surface area contributed by atoms with Gasteiger partial charge in [0.05, 0.1) is 26.2 Å². The molecule has 1 aliphatic heterocycles. The van der Waals surface area contributed by atoms with Crippen LogP contribution < -0.4 is 9.46 Å². The van der Waals surface area contributed by atoms with E-state index in [9.17, 15) is 21.6 Å². The van der Waals surface area contributed by atoms with Crippen molar-refractivity contribution in [3.05, 3.63) is 64.1 Å². The van der Waals surface area contributed by atoms with Gasteiger partial charge in [0.25, 0.3) is 10.0 Å². The molecule has 182 valence electrons. The molecule has 4 rings (SSSR count). The minimum atomic E-state index is -4.62. The number of thiophene rings is 1. The first kappa shape index (κ1) is 25.1. The number of benzene rings is 2. The summed E-state index contributed by atoms with van der Waals surface area (Å²) < 4.78 is 74.4. The highest BCUT2D eigenvalue weighted by atomic mass is 35.5. The summed E-state index contributed by atoms with van der Waals surface area (Å²) >= 11 is 13.1. The van der Waals surface area contributed by atoms with Crippen molar-refractivity contribution in [2.75, 3.05) is 24.9 Å². The Kier molecular flexibility index (Phi) is 7.08. The average molecular weight is 551 g/mol. The summed E-state index contributed by atoms with van der Waals surface area (Å²) in [6.45, 7) is 1.61. The molecule has 0 amide bonds. The molecule has 5 nitrogen and oxygen atoms in total. The van der Waals surface area contributed by atoms with E-state index in [-0.39, 0.29) is 31.5 Å². The largest absolute Gasteiger partial charge is 0.487 e. The molecular formula is C22H19Cl2F3N2O3S2. The maximum atomic E-state index is 13.4. The Hall–Kier alpha value is -1.98. The van der Waals surface area contributed by atoms with Gasteiger partial charge in [-0.2, -0.15) is 13.2 Å². The fourth-order valence-corrected chi connectivity index (χ4v) is 6.69. The number of anilines is 1. The number of nitrogens with zero attached hydrogens (tertiary/aromatic N) is 1. The SMILES string of the molecule is CN1CC[C@@H](Oc2cc(NS(=O)(=O)c3cc(Cl)c(-c4ccccc4C(F)(F)F)s3)ccc2Cl)C1. The van der Waals surface area contributed by atoms with Gasteiger partial charge in [0.15, 0.2) is 0 Å². The number of likely N-dealkylation sites (tertiary alicyclic amines) is 1. The van der Waals surface area contributed by atoms with Gasteiger partial charge in [0, 0.05) is 24.7 Å². The Morgan fingerprint density at radius 1 is 1.12 bits per heavy atom. The summed E-state index contributed by atoms with van der Waals surface area (Å²) in [7, 11) is -2.17. The standard InChI is InChI=1S/C22H19Cl2F3N2O3S2/c1-29-9-8-14(12-29)32-19-10-13(6-7-17(19)23)28-34(30,31)20-11-18(24)21(33-20)15-4-2-3-5-16(15)22(25,26)27/h2-7,10-11,14,28H,8-9,12H2,1H3/t14-/m1/s1. The van der Waals surface area contributed by atoms with E-state index in [1.54, 1.807) is 0 Å². The van der Waals surface area contributed by atoms with E-state index >= 15 is 0 Å². The van der Waals surface area contributed by atoms with Crippen LogP contribution in [-0.4, -0.2) is 39.6 Å². The molecule has 0 spiro atoms.